The molecule has 0 aliphatic carbocycles. The summed E-state index contributed by atoms with van der Waals surface area (Å²) in [6.45, 7) is 5.32. The highest BCUT2D eigenvalue weighted by atomic mass is 16.6. The summed E-state index contributed by atoms with van der Waals surface area (Å²) < 4.78 is 11.2. The Morgan fingerprint density at radius 3 is 1.16 bits per heavy atom. The molecule has 0 aliphatic rings. The summed E-state index contributed by atoms with van der Waals surface area (Å²) in [5, 5.41) is 9.63. The minimum atomic E-state index is -0.539. The van der Waals surface area contributed by atoms with E-state index in [9.17, 15) is 9.90 Å². The molecule has 0 saturated heterocycles. The molecule has 1 unspecified atom stereocenters. The number of hydrogen-bond acceptors (Lipinski definition) is 4. The van der Waals surface area contributed by atoms with Crippen molar-refractivity contribution in [3.05, 3.63) is 48.6 Å². The predicted molar refractivity (Wildman–Crippen MR) is 242 cm³/mol. The third-order valence-corrected chi connectivity index (χ3v) is 10.6. The number of aliphatic hydroxyl groups excluding tert-OH is 1. The lowest BCUT2D eigenvalue weighted by Crippen LogP contribution is -2.27. The minimum absolute atomic E-state index is 0.174. The lowest BCUT2D eigenvalue weighted by molar-refractivity contribution is -0.154. The maximum atomic E-state index is 12.2. The van der Waals surface area contributed by atoms with Gasteiger partial charge in [0, 0.05) is 13.0 Å². The third-order valence-electron chi connectivity index (χ3n) is 10.6. The molecule has 0 heterocycles. The van der Waals surface area contributed by atoms with Crippen molar-refractivity contribution in [3.63, 3.8) is 0 Å². The van der Waals surface area contributed by atoms with Crippen LogP contribution in [0.4, 0.5) is 0 Å². The number of hydrogen-bond donors (Lipinski definition) is 1. The van der Waals surface area contributed by atoms with E-state index in [4.69, 9.17) is 9.47 Å². The molecule has 4 heteroatoms. The second-order valence-corrected chi connectivity index (χ2v) is 16.2. The summed E-state index contributed by atoms with van der Waals surface area (Å²) >= 11 is 0. The number of carbonyl (C=O) groups excluding carboxylic acids is 1. The topological polar surface area (TPSA) is 55.8 Å². The van der Waals surface area contributed by atoms with Crippen LogP contribution >= 0.6 is 0 Å². The quantitative estimate of drug-likeness (QED) is 0.0381. The monoisotopic (exact) mass is 771 g/mol. The van der Waals surface area contributed by atoms with Crippen molar-refractivity contribution >= 4 is 5.97 Å². The van der Waals surface area contributed by atoms with Crippen molar-refractivity contribution in [2.24, 2.45) is 0 Å². The normalized spacial score (nSPS) is 12.7. The van der Waals surface area contributed by atoms with Crippen molar-refractivity contribution in [3.8, 4) is 0 Å². The Labute approximate surface area is 343 Å². The molecular formula is C51H94O4. The third kappa shape index (κ3) is 46.6. The van der Waals surface area contributed by atoms with Crippen LogP contribution in [0.2, 0.25) is 0 Å². The van der Waals surface area contributed by atoms with E-state index in [0.717, 1.165) is 32.1 Å². The molecule has 0 aliphatic heterocycles. The summed E-state index contributed by atoms with van der Waals surface area (Å²) in [5.74, 6) is -0.207. The van der Waals surface area contributed by atoms with Gasteiger partial charge in [-0.05, 0) is 77.0 Å². The minimum Gasteiger partial charge on any atom is -0.457 e. The summed E-state index contributed by atoms with van der Waals surface area (Å²) in [6.07, 6.45) is 63.3. The summed E-state index contributed by atoms with van der Waals surface area (Å²) in [6, 6.07) is 0. The van der Waals surface area contributed by atoms with Crippen molar-refractivity contribution in [2.45, 2.75) is 251 Å². The van der Waals surface area contributed by atoms with Crippen LogP contribution in [0.1, 0.15) is 245 Å². The van der Waals surface area contributed by atoms with E-state index in [1.807, 2.05) is 0 Å². The summed E-state index contributed by atoms with van der Waals surface area (Å²) in [5.41, 5.74) is 0. The van der Waals surface area contributed by atoms with Crippen LogP contribution < -0.4 is 0 Å². The largest absolute Gasteiger partial charge is 0.457 e. The SMILES string of the molecule is CCCCC/C=C\C/C=C\CCCCCCCCCC(=O)OC(CO)COCCCCCCCCCCCCCCCC/C=C\C/C=C\CCCCCCC. The first-order valence-electron chi connectivity index (χ1n) is 24.2. The molecule has 0 saturated carbocycles. The zero-order valence-corrected chi connectivity index (χ0v) is 36.9. The molecule has 0 rings (SSSR count). The molecular weight excluding hydrogens is 677 g/mol. The molecule has 0 fully saturated rings. The van der Waals surface area contributed by atoms with Crippen molar-refractivity contribution in [1.29, 1.82) is 0 Å². The lowest BCUT2D eigenvalue weighted by Gasteiger charge is -2.16. The number of aliphatic hydroxyl groups is 1. The number of allylic oxidation sites excluding steroid dienone is 8. The molecule has 1 atom stereocenters. The number of esters is 1. The highest BCUT2D eigenvalue weighted by Crippen LogP contribution is 2.15. The Balaban J connectivity index is 3.40. The number of unbranched alkanes of at least 4 members (excludes halogenated alkanes) is 29. The van der Waals surface area contributed by atoms with Crippen LogP contribution in [0.15, 0.2) is 48.6 Å². The second kappa shape index (κ2) is 48.5. The zero-order chi connectivity index (χ0) is 39.8. The Kier molecular flexibility index (Phi) is 47.0. The lowest BCUT2D eigenvalue weighted by atomic mass is 10.0. The van der Waals surface area contributed by atoms with Crippen LogP contribution in [-0.2, 0) is 14.3 Å². The molecule has 1 N–H and O–H groups in total. The first-order chi connectivity index (χ1) is 27.2. The molecule has 0 bridgehead atoms. The van der Waals surface area contributed by atoms with E-state index < -0.39 is 6.10 Å². The van der Waals surface area contributed by atoms with E-state index in [1.165, 1.54) is 193 Å². The fraction of sp³-hybridized carbons (Fsp3) is 0.824. The van der Waals surface area contributed by atoms with Crippen molar-refractivity contribution in [1.82, 2.24) is 0 Å². The Morgan fingerprint density at radius 2 is 0.764 bits per heavy atom. The first kappa shape index (κ1) is 53.4. The van der Waals surface area contributed by atoms with Gasteiger partial charge >= 0.3 is 5.97 Å². The van der Waals surface area contributed by atoms with Crippen molar-refractivity contribution < 1.29 is 19.4 Å². The molecule has 0 aromatic rings. The smallest absolute Gasteiger partial charge is 0.306 e. The standard InChI is InChI=1S/C51H94O4/c1-3-5-7-9-11-13-15-17-19-21-22-23-24-25-26-27-28-29-31-33-35-37-39-41-43-45-47-54-49-50(48-52)55-51(53)46-44-42-40-38-36-34-32-30-20-18-16-14-12-10-8-6-4-2/h12,14-15,17-18,20-22,50,52H,3-11,13,16,19,23-49H2,1-2H3/b14-12-,17-15-,20-18-,22-21-. The van der Waals surface area contributed by atoms with Gasteiger partial charge < -0.3 is 14.6 Å². The van der Waals surface area contributed by atoms with E-state index in [2.05, 4.69) is 62.5 Å². The average Bonchev–Trinajstić information content (AvgIpc) is 3.19. The van der Waals surface area contributed by atoms with E-state index in [0.29, 0.717) is 19.6 Å². The highest BCUT2D eigenvalue weighted by Gasteiger charge is 2.13. The van der Waals surface area contributed by atoms with Gasteiger partial charge in [-0.25, -0.2) is 0 Å². The van der Waals surface area contributed by atoms with Gasteiger partial charge in [-0.15, -0.1) is 0 Å². The predicted octanol–water partition coefficient (Wildman–Crippen LogP) is 16.2. The van der Waals surface area contributed by atoms with Gasteiger partial charge in [0.05, 0.1) is 13.2 Å². The van der Waals surface area contributed by atoms with Gasteiger partial charge in [0.15, 0.2) is 0 Å². The van der Waals surface area contributed by atoms with E-state index >= 15 is 0 Å². The maximum absolute atomic E-state index is 12.2. The Morgan fingerprint density at radius 1 is 0.436 bits per heavy atom. The fourth-order valence-electron chi connectivity index (χ4n) is 6.98. The van der Waals surface area contributed by atoms with Crippen molar-refractivity contribution in [2.75, 3.05) is 19.8 Å². The van der Waals surface area contributed by atoms with Crippen LogP contribution in [0.5, 0.6) is 0 Å². The molecule has 322 valence electrons. The molecule has 0 radical (unpaired) electrons. The number of ether oxygens (including phenoxy) is 2. The van der Waals surface area contributed by atoms with Gasteiger partial charge in [0.25, 0.3) is 0 Å². The number of carbonyl (C=O) groups is 1. The van der Waals surface area contributed by atoms with Gasteiger partial charge in [-0.3, -0.25) is 4.79 Å². The van der Waals surface area contributed by atoms with Gasteiger partial charge in [0.1, 0.15) is 6.10 Å². The Hall–Kier alpha value is -1.65. The van der Waals surface area contributed by atoms with E-state index in [-0.39, 0.29) is 12.6 Å². The molecule has 0 amide bonds. The fourth-order valence-corrected chi connectivity index (χ4v) is 6.98. The van der Waals surface area contributed by atoms with E-state index in [1.54, 1.807) is 0 Å². The second-order valence-electron chi connectivity index (χ2n) is 16.2. The van der Waals surface area contributed by atoms with Crippen LogP contribution in [0, 0.1) is 0 Å². The summed E-state index contributed by atoms with van der Waals surface area (Å²) in [7, 11) is 0. The molecule has 0 spiro atoms. The maximum Gasteiger partial charge on any atom is 0.306 e. The Bertz CT molecular complexity index is 859. The van der Waals surface area contributed by atoms with Crippen LogP contribution in [0.3, 0.4) is 0 Å². The average molecular weight is 771 g/mol. The van der Waals surface area contributed by atoms with Gasteiger partial charge in [0.2, 0.25) is 0 Å². The zero-order valence-electron chi connectivity index (χ0n) is 36.9. The van der Waals surface area contributed by atoms with Gasteiger partial charge in [-0.1, -0.05) is 210 Å². The van der Waals surface area contributed by atoms with Crippen LogP contribution in [0.25, 0.3) is 0 Å². The van der Waals surface area contributed by atoms with Crippen LogP contribution in [-0.4, -0.2) is 37.0 Å². The molecule has 4 nitrogen and oxygen atoms in total. The highest BCUT2D eigenvalue weighted by molar-refractivity contribution is 5.69. The number of rotatable bonds is 45. The van der Waals surface area contributed by atoms with Gasteiger partial charge in [-0.2, -0.15) is 0 Å². The first-order valence-corrected chi connectivity index (χ1v) is 24.2. The molecule has 55 heavy (non-hydrogen) atoms. The summed E-state index contributed by atoms with van der Waals surface area (Å²) in [4.78, 5) is 12.2. The molecule has 0 aromatic heterocycles. The molecule has 0 aromatic carbocycles.